The summed E-state index contributed by atoms with van der Waals surface area (Å²) in [4.78, 5) is 17.6. The highest BCUT2D eigenvalue weighted by Crippen LogP contribution is 2.08. The van der Waals surface area contributed by atoms with E-state index in [2.05, 4.69) is 39.3 Å². The van der Waals surface area contributed by atoms with Crippen LogP contribution in [0.3, 0.4) is 0 Å². The normalized spacial score (nSPS) is 12.5. The van der Waals surface area contributed by atoms with Crippen molar-refractivity contribution in [1.82, 2.24) is 16.0 Å². The number of nitrogens with zero attached hydrogens (tertiary/aromatic N) is 1. The number of guanidine groups is 1. The second-order valence-electron chi connectivity index (χ2n) is 5.84. The molecule has 0 saturated heterocycles. The molecule has 0 radical (unpaired) electrons. The maximum atomic E-state index is 12.1. The molecule has 6 heteroatoms. The summed E-state index contributed by atoms with van der Waals surface area (Å²) in [6, 6.07) is 12.0. The maximum Gasteiger partial charge on any atom is 0.251 e. The van der Waals surface area contributed by atoms with Crippen LogP contribution in [0.15, 0.2) is 46.8 Å². The zero-order valence-electron chi connectivity index (χ0n) is 15.0. The van der Waals surface area contributed by atoms with Crippen LogP contribution in [0.4, 0.5) is 0 Å². The van der Waals surface area contributed by atoms with Crippen molar-refractivity contribution in [1.29, 1.82) is 0 Å². The lowest BCUT2D eigenvalue weighted by molar-refractivity contribution is 0.0939. The fraction of sp³-hybridized carbons (Fsp3) is 0.368. The molecule has 0 bridgehead atoms. The number of rotatable bonds is 7. The Bertz CT molecular complexity index is 680. The summed E-state index contributed by atoms with van der Waals surface area (Å²) in [6.45, 7) is 5.47. The van der Waals surface area contributed by atoms with Gasteiger partial charge in [0.2, 0.25) is 0 Å². The molecule has 1 amide bonds. The minimum Gasteiger partial charge on any atom is -0.352 e. The topological polar surface area (TPSA) is 65.5 Å². The third kappa shape index (κ3) is 6.23. The van der Waals surface area contributed by atoms with Crippen LogP contribution in [0, 0.1) is 0 Å². The van der Waals surface area contributed by atoms with E-state index in [4.69, 9.17) is 0 Å². The molecule has 1 heterocycles. The van der Waals surface area contributed by atoms with Crippen molar-refractivity contribution in [3.63, 3.8) is 0 Å². The average Bonchev–Trinajstić information content (AvgIpc) is 3.15. The van der Waals surface area contributed by atoms with Gasteiger partial charge in [0.25, 0.3) is 5.91 Å². The summed E-state index contributed by atoms with van der Waals surface area (Å²) in [5.41, 5.74) is 1.78. The van der Waals surface area contributed by atoms with Gasteiger partial charge >= 0.3 is 0 Å². The Balaban J connectivity index is 1.82. The molecule has 2 aromatic rings. The maximum absolute atomic E-state index is 12.1. The molecule has 1 unspecified atom stereocenters. The van der Waals surface area contributed by atoms with Crippen LogP contribution in [0.1, 0.15) is 41.1 Å². The number of hydrogen-bond acceptors (Lipinski definition) is 3. The van der Waals surface area contributed by atoms with Gasteiger partial charge in [-0.15, -0.1) is 11.3 Å². The standard InChI is InChI=1S/C19H26N4OS/c1-4-14(2)23-18(24)16-9-7-15(8-10-16)12-21-19(20-3)22-13-17-6-5-11-25-17/h5-11,14H,4,12-13H2,1-3H3,(H,23,24)(H2,20,21,22). The van der Waals surface area contributed by atoms with E-state index < -0.39 is 0 Å². The molecular weight excluding hydrogens is 332 g/mol. The van der Waals surface area contributed by atoms with Crippen molar-refractivity contribution in [3.8, 4) is 0 Å². The van der Waals surface area contributed by atoms with E-state index in [1.807, 2.05) is 37.3 Å². The lowest BCUT2D eigenvalue weighted by Crippen LogP contribution is -2.36. The molecular formula is C19H26N4OS. The number of benzene rings is 1. The second-order valence-corrected chi connectivity index (χ2v) is 6.87. The van der Waals surface area contributed by atoms with E-state index in [1.165, 1.54) is 4.88 Å². The first-order valence-electron chi connectivity index (χ1n) is 8.49. The Morgan fingerprint density at radius 2 is 1.88 bits per heavy atom. The highest BCUT2D eigenvalue weighted by Gasteiger charge is 2.08. The van der Waals surface area contributed by atoms with Crippen molar-refractivity contribution in [2.75, 3.05) is 7.05 Å². The third-order valence-corrected chi connectivity index (χ3v) is 4.78. The van der Waals surface area contributed by atoms with Gasteiger partial charge in [-0.1, -0.05) is 25.1 Å². The Kier molecular flexibility index (Phi) is 7.47. The van der Waals surface area contributed by atoms with E-state index in [-0.39, 0.29) is 11.9 Å². The van der Waals surface area contributed by atoms with Crippen LogP contribution in [0.25, 0.3) is 0 Å². The minimum absolute atomic E-state index is 0.0257. The zero-order chi connectivity index (χ0) is 18.1. The summed E-state index contributed by atoms with van der Waals surface area (Å²) in [5, 5.41) is 11.6. The monoisotopic (exact) mass is 358 g/mol. The number of hydrogen-bond donors (Lipinski definition) is 3. The van der Waals surface area contributed by atoms with Crippen molar-refractivity contribution in [3.05, 3.63) is 57.8 Å². The Morgan fingerprint density at radius 3 is 2.48 bits per heavy atom. The van der Waals surface area contributed by atoms with Crippen molar-refractivity contribution in [2.45, 2.75) is 39.4 Å². The minimum atomic E-state index is -0.0257. The van der Waals surface area contributed by atoms with Crippen LogP contribution >= 0.6 is 11.3 Å². The molecule has 25 heavy (non-hydrogen) atoms. The van der Waals surface area contributed by atoms with Gasteiger partial charge in [0, 0.05) is 30.1 Å². The predicted molar refractivity (Wildman–Crippen MR) is 105 cm³/mol. The Hall–Kier alpha value is -2.34. The molecule has 5 nitrogen and oxygen atoms in total. The lowest BCUT2D eigenvalue weighted by Gasteiger charge is -2.13. The van der Waals surface area contributed by atoms with E-state index in [1.54, 1.807) is 18.4 Å². The van der Waals surface area contributed by atoms with Crippen LogP contribution in [-0.2, 0) is 13.1 Å². The van der Waals surface area contributed by atoms with Crippen LogP contribution in [0.2, 0.25) is 0 Å². The van der Waals surface area contributed by atoms with Gasteiger partial charge in [-0.3, -0.25) is 9.79 Å². The van der Waals surface area contributed by atoms with Gasteiger partial charge in [-0.05, 0) is 42.5 Å². The predicted octanol–water partition coefficient (Wildman–Crippen LogP) is 3.14. The van der Waals surface area contributed by atoms with Gasteiger partial charge in [-0.2, -0.15) is 0 Å². The average molecular weight is 359 g/mol. The Labute approximate surface area is 153 Å². The molecule has 0 spiro atoms. The first kappa shape index (κ1) is 19.0. The summed E-state index contributed by atoms with van der Waals surface area (Å²) in [6.07, 6.45) is 0.922. The molecule has 1 atom stereocenters. The molecule has 134 valence electrons. The van der Waals surface area contributed by atoms with Crippen molar-refractivity contribution < 1.29 is 4.79 Å². The number of amides is 1. The first-order chi connectivity index (χ1) is 12.1. The van der Waals surface area contributed by atoms with E-state index in [0.29, 0.717) is 12.1 Å². The number of carbonyl (C=O) groups excluding carboxylic acids is 1. The van der Waals surface area contributed by atoms with Crippen molar-refractivity contribution >= 4 is 23.2 Å². The van der Waals surface area contributed by atoms with E-state index >= 15 is 0 Å². The van der Waals surface area contributed by atoms with E-state index in [0.717, 1.165) is 24.5 Å². The van der Waals surface area contributed by atoms with Gasteiger partial charge in [0.05, 0.1) is 6.54 Å². The van der Waals surface area contributed by atoms with Crippen LogP contribution in [-0.4, -0.2) is 25.0 Å². The van der Waals surface area contributed by atoms with Gasteiger partial charge in [0.15, 0.2) is 5.96 Å². The first-order valence-corrected chi connectivity index (χ1v) is 9.37. The highest BCUT2D eigenvalue weighted by atomic mass is 32.1. The number of aliphatic imine (C=N–C) groups is 1. The molecule has 1 aromatic heterocycles. The van der Waals surface area contributed by atoms with Gasteiger partial charge < -0.3 is 16.0 Å². The van der Waals surface area contributed by atoms with Crippen molar-refractivity contribution in [2.24, 2.45) is 4.99 Å². The quantitative estimate of drug-likeness (QED) is 0.526. The molecule has 0 saturated carbocycles. The molecule has 0 aliphatic heterocycles. The summed E-state index contributed by atoms with van der Waals surface area (Å²) in [7, 11) is 1.76. The van der Waals surface area contributed by atoms with E-state index in [9.17, 15) is 4.79 Å². The molecule has 0 fully saturated rings. The smallest absolute Gasteiger partial charge is 0.251 e. The SMILES string of the molecule is CCC(C)NC(=O)c1ccc(CNC(=NC)NCc2cccs2)cc1. The molecule has 2 rings (SSSR count). The molecule has 3 N–H and O–H groups in total. The number of carbonyl (C=O) groups is 1. The third-order valence-electron chi connectivity index (χ3n) is 3.90. The number of nitrogens with one attached hydrogen (secondary N) is 3. The summed E-state index contributed by atoms with van der Waals surface area (Å²) < 4.78 is 0. The van der Waals surface area contributed by atoms with Gasteiger partial charge in [-0.25, -0.2) is 0 Å². The highest BCUT2D eigenvalue weighted by molar-refractivity contribution is 7.09. The number of thiophene rings is 1. The Morgan fingerprint density at radius 1 is 1.16 bits per heavy atom. The molecule has 0 aliphatic carbocycles. The summed E-state index contributed by atoms with van der Waals surface area (Å²) in [5.74, 6) is 0.731. The molecule has 0 aliphatic rings. The van der Waals surface area contributed by atoms with Gasteiger partial charge in [0.1, 0.15) is 0 Å². The fourth-order valence-corrected chi connectivity index (χ4v) is 2.82. The summed E-state index contributed by atoms with van der Waals surface area (Å²) >= 11 is 1.72. The molecule has 1 aromatic carbocycles. The second kappa shape index (κ2) is 9.84. The van der Waals surface area contributed by atoms with Crippen LogP contribution < -0.4 is 16.0 Å². The largest absolute Gasteiger partial charge is 0.352 e. The zero-order valence-corrected chi connectivity index (χ0v) is 15.8. The fourth-order valence-electron chi connectivity index (χ4n) is 2.17. The lowest BCUT2D eigenvalue weighted by atomic mass is 10.1. The van der Waals surface area contributed by atoms with Crippen LogP contribution in [0.5, 0.6) is 0 Å².